The zero-order chi connectivity index (χ0) is 17.5. The Balaban J connectivity index is 1.99. The van der Waals surface area contributed by atoms with Crippen molar-refractivity contribution in [2.24, 2.45) is 10.7 Å². The van der Waals surface area contributed by atoms with E-state index in [2.05, 4.69) is 16.4 Å². The van der Waals surface area contributed by atoms with Crippen LogP contribution >= 0.6 is 23.2 Å². The molecule has 0 amide bonds. The molecule has 1 unspecified atom stereocenters. The second kappa shape index (κ2) is 8.92. The van der Waals surface area contributed by atoms with Gasteiger partial charge < -0.3 is 15.8 Å². The number of nitrogens with two attached hydrogens (primary N) is 1. The molecule has 0 fully saturated rings. The van der Waals surface area contributed by atoms with Crippen LogP contribution in [0.25, 0.3) is 0 Å². The van der Waals surface area contributed by atoms with Gasteiger partial charge in [0.15, 0.2) is 5.96 Å². The average molecular weight is 366 g/mol. The molecular formula is C18H21Cl2N3O. The summed E-state index contributed by atoms with van der Waals surface area (Å²) in [6, 6.07) is 13.4. The van der Waals surface area contributed by atoms with Gasteiger partial charge in [0.05, 0.1) is 19.2 Å². The highest BCUT2D eigenvalue weighted by Crippen LogP contribution is 2.25. The molecule has 2 aromatic rings. The first-order valence-corrected chi connectivity index (χ1v) is 8.33. The number of halogens is 2. The maximum absolute atomic E-state index is 6.21. The number of nitrogens with one attached hydrogen (secondary N) is 1. The van der Waals surface area contributed by atoms with E-state index in [1.807, 2.05) is 31.2 Å². The summed E-state index contributed by atoms with van der Waals surface area (Å²) in [6.07, 6.45) is 0. The van der Waals surface area contributed by atoms with E-state index in [-0.39, 0.29) is 6.04 Å². The SMILES string of the molecule is COCc1cccc(CN=C(N)NC(C)c2ccc(Cl)cc2Cl)c1. The van der Waals surface area contributed by atoms with E-state index in [0.717, 1.165) is 16.7 Å². The molecule has 0 aliphatic heterocycles. The molecule has 0 saturated carbocycles. The number of methoxy groups -OCH3 is 1. The van der Waals surface area contributed by atoms with Crippen LogP contribution in [0.3, 0.4) is 0 Å². The lowest BCUT2D eigenvalue weighted by Gasteiger charge is -2.16. The van der Waals surface area contributed by atoms with E-state index in [0.29, 0.717) is 29.2 Å². The summed E-state index contributed by atoms with van der Waals surface area (Å²) in [5.74, 6) is 0.366. The second-order valence-electron chi connectivity index (χ2n) is 5.49. The first-order chi connectivity index (χ1) is 11.5. The summed E-state index contributed by atoms with van der Waals surface area (Å²) >= 11 is 12.1. The van der Waals surface area contributed by atoms with Crippen molar-refractivity contribution >= 4 is 29.2 Å². The number of aliphatic imine (C=N–C) groups is 1. The van der Waals surface area contributed by atoms with E-state index < -0.39 is 0 Å². The molecule has 0 spiro atoms. The molecule has 2 rings (SSSR count). The standard InChI is InChI=1S/C18H21Cl2N3O/c1-12(16-7-6-15(19)9-17(16)20)23-18(21)22-10-13-4-3-5-14(8-13)11-24-2/h3-9,12H,10-11H2,1-2H3,(H3,21,22,23). The lowest BCUT2D eigenvalue weighted by molar-refractivity contribution is 0.185. The van der Waals surface area contributed by atoms with Gasteiger partial charge in [-0.25, -0.2) is 4.99 Å². The molecule has 0 bridgehead atoms. The second-order valence-corrected chi connectivity index (χ2v) is 6.33. The monoisotopic (exact) mass is 365 g/mol. The quantitative estimate of drug-likeness (QED) is 0.592. The third-order valence-corrected chi connectivity index (χ3v) is 4.09. The van der Waals surface area contributed by atoms with Crippen LogP contribution in [0.2, 0.25) is 10.0 Å². The largest absolute Gasteiger partial charge is 0.380 e. The Bertz CT molecular complexity index is 719. The van der Waals surface area contributed by atoms with Gasteiger partial charge in [-0.1, -0.05) is 53.5 Å². The van der Waals surface area contributed by atoms with Crippen LogP contribution in [0.1, 0.15) is 29.7 Å². The molecule has 1 atom stereocenters. The maximum Gasteiger partial charge on any atom is 0.189 e. The normalized spacial score (nSPS) is 12.9. The average Bonchev–Trinajstić information content (AvgIpc) is 2.53. The zero-order valence-corrected chi connectivity index (χ0v) is 15.2. The van der Waals surface area contributed by atoms with Crippen LogP contribution in [0.4, 0.5) is 0 Å². The molecule has 24 heavy (non-hydrogen) atoms. The summed E-state index contributed by atoms with van der Waals surface area (Å²) < 4.78 is 5.13. The van der Waals surface area contributed by atoms with Crippen molar-refractivity contribution in [3.63, 3.8) is 0 Å². The maximum atomic E-state index is 6.21. The van der Waals surface area contributed by atoms with Crippen LogP contribution in [-0.4, -0.2) is 13.1 Å². The summed E-state index contributed by atoms with van der Waals surface area (Å²) in [5.41, 5.74) is 9.08. The van der Waals surface area contributed by atoms with Crippen LogP contribution in [0.15, 0.2) is 47.5 Å². The fraction of sp³-hybridized carbons (Fsp3) is 0.278. The Morgan fingerprint density at radius 3 is 2.67 bits per heavy atom. The van der Waals surface area contributed by atoms with Gasteiger partial charge in [0.25, 0.3) is 0 Å². The molecule has 0 aliphatic carbocycles. The number of ether oxygens (including phenoxy) is 1. The van der Waals surface area contributed by atoms with Crippen molar-refractivity contribution in [3.8, 4) is 0 Å². The van der Waals surface area contributed by atoms with Gasteiger partial charge in [-0.05, 0) is 35.7 Å². The van der Waals surface area contributed by atoms with E-state index >= 15 is 0 Å². The molecule has 0 saturated heterocycles. The molecule has 0 aromatic heterocycles. The highest BCUT2D eigenvalue weighted by atomic mass is 35.5. The molecule has 0 heterocycles. The summed E-state index contributed by atoms with van der Waals surface area (Å²) in [5, 5.41) is 4.35. The molecule has 6 heteroatoms. The molecule has 3 N–H and O–H groups in total. The first-order valence-electron chi connectivity index (χ1n) is 7.57. The van der Waals surface area contributed by atoms with Crippen molar-refractivity contribution < 1.29 is 4.74 Å². The lowest BCUT2D eigenvalue weighted by atomic mass is 10.1. The Labute approximate surface area is 152 Å². The Morgan fingerprint density at radius 2 is 1.96 bits per heavy atom. The minimum Gasteiger partial charge on any atom is -0.380 e. The molecule has 0 radical (unpaired) electrons. The van der Waals surface area contributed by atoms with Gasteiger partial charge >= 0.3 is 0 Å². The first kappa shape index (κ1) is 18.6. The van der Waals surface area contributed by atoms with Gasteiger partial charge in [0.2, 0.25) is 0 Å². The topological polar surface area (TPSA) is 59.6 Å². The number of guanidine groups is 1. The van der Waals surface area contributed by atoms with Crippen molar-refractivity contribution in [1.82, 2.24) is 5.32 Å². The summed E-state index contributed by atoms with van der Waals surface area (Å²) in [4.78, 5) is 4.38. The molecule has 128 valence electrons. The Hall–Kier alpha value is -1.75. The minimum atomic E-state index is -0.0710. The number of nitrogens with zero attached hydrogens (tertiary/aromatic N) is 1. The van der Waals surface area contributed by atoms with Crippen molar-refractivity contribution in [3.05, 3.63) is 69.2 Å². The van der Waals surface area contributed by atoms with Gasteiger partial charge in [-0.15, -0.1) is 0 Å². The molecule has 0 aliphatic rings. The summed E-state index contributed by atoms with van der Waals surface area (Å²) in [6.45, 7) is 3.05. The van der Waals surface area contributed by atoms with Gasteiger partial charge in [-0.3, -0.25) is 0 Å². The fourth-order valence-corrected chi connectivity index (χ4v) is 2.93. The third-order valence-electron chi connectivity index (χ3n) is 3.53. The van der Waals surface area contributed by atoms with Crippen molar-refractivity contribution in [1.29, 1.82) is 0 Å². The van der Waals surface area contributed by atoms with Crippen LogP contribution in [-0.2, 0) is 17.9 Å². The third kappa shape index (κ3) is 5.41. The van der Waals surface area contributed by atoms with E-state index in [4.69, 9.17) is 33.7 Å². The number of rotatable bonds is 6. The predicted octanol–water partition coefficient (Wildman–Crippen LogP) is 4.31. The predicted molar refractivity (Wildman–Crippen MR) is 100 cm³/mol. The van der Waals surface area contributed by atoms with Crippen LogP contribution < -0.4 is 11.1 Å². The number of benzene rings is 2. The van der Waals surface area contributed by atoms with Crippen molar-refractivity contribution in [2.75, 3.05) is 7.11 Å². The molecule has 2 aromatic carbocycles. The van der Waals surface area contributed by atoms with E-state index in [1.54, 1.807) is 19.2 Å². The molecule has 4 nitrogen and oxygen atoms in total. The lowest BCUT2D eigenvalue weighted by Crippen LogP contribution is -2.34. The zero-order valence-electron chi connectivity index (χ0n) is 13.7. The highest BCUT2D eigenvalue weighted by Gasteiger charge is 2.10. The van der Waals surface area contributed by atoms with Gasteiger partial charge in [-0.2, -0.15) is 0 Å². The summed E-state index contributed by atoms with van der Waals surface area (Å²) in [7, 11) is 1.68. The fourth-order valence-electron chi connectivity index (χ4n) is 2.36. The van der Waals surface area contributed by atoms with Crippen LogP contribution in [0.5, 0.6) is 0 Å². The Morgan fingerprint density at radius 1 is 1.21 bits per heavy atom. The minimum absolute atomic E-state index is 0.0710. The van der Waals surface area contributed by atoms with Crippen LogP contribution in [0, 0.1) is 0 Å². The van der Waals surface area contributed by atoms with Crippen molar-refractivity contribution in [2.45, 2.75) is 26.1 Å². The molecular weight excluding hydrogens is 345 g/mol. The number of hydrogen-bond donors (Lipinski definition) is 2. The highest BCUT2D eigenvalue weighted by molar-refractivity contribution is 6.35. The number of hydrogen-bond acceptors (Lipinski definition) is 2. The van der Waals surface area contributed by atoms with E-state index in [9.17, 15) is 0 Å². The smallest absolute Gasteiger partial charge is 0.189 e. The van der Waals surface area contributed by atoms with E-state index in [1.165, 1.54) is 0 Å². The van der Waals surface area contributed by atoms with Gasteiger partial charge in [0, 0.05) is 17.2 Å². The van der Waals surface area contributed by atoms with Gasteiger partial charge in [0.1, 0.15) is 0 Å². The Kier molecular flexibility index (Phi) is 6.91.